The van der Waals surface area contributed by atoms with E-state index in [2.05, 4.69) is 4.72 Å². The topological polar surface area (TPSA) is 88.4 Å². The number of ether oxygens (including phenoxy) is 2. The lowest BCUT2D eigenvalue weighted by atomic mass is 10.2. The van der Waals surface area contributed by atoms with E-state index in [4.69, 9.17) is 14.7 Å². The number of nitriles is 1. The van der Waals surface area contributed by atoms with Gasteiger partial charge in [-0.3, -0.25) is 4.72 Å². The Kier molecular flexibility index (Phi) is 5.66. The summed E-state index contributed by atoms with van der Waals surface area (Å²) in [4.78, 5) is 0.0217. The molecule has 0 radical (unpaired) electrons. The highest BCUT2D eigenvalue weighted by Gasteiger charge is 2.16. The average Bonchev–Trinajstić information content (AvgIpc) is 2.57. The lowest BCUT2D eigenvalue weighted by Gasteiger charge is -2.13. The minimum atomic E-state index is -3.80. The van der Waals surface area contributed by atoms with Gasteiger partial charge < -0.3 is 9.47 Å². The SMILES string of the molecule is CCOc1ccc(NS(=O)(=O)c2cccc(C#N)c2)cc1OCC. The van der Waals surface area contributed by atoms with E-state index in [-0.39, 0.29) is 10.5 Å². The Morgan fingerprint density at radius 2 is 1.75 bits per heavy atom. The number of benzene rings is 2. The number of nitrogens with one attached hydrogen (secondary N) is 1. The molecule has 0 saturated heterocycles. The number of hydrogen-bond acceptors (Lipinski definition) is 5. The smallest absolute Gasteiger partial charge is 0.261 e. The van der Waals surface area contributed by atoms with Crippen LogP contribution in [-0.2, 0) is 10.0 Å². The summed E-state index contributed by atoms with van der Waals surface area (Å²) in [5.74, 6) is 1.01. The van der Waals surface area contributed by atoms with Crippen LogP contribution in [-0.4, -0.2) is 21.6 Å². The molecule has 0 heterocycles. The maximum atomic E-state index is 12.5. The highest BCUT2D eigenvalue weighted by atomic mass is 32.2. The van der Waals surface area contributed by atoms with E-state index in [1.807, 2.05) is 19.9 Å². The predicted octanol–water partition coefficient (Wildman–Crippen LogP) is 3.16. The quantitative estimate of drug-likeness (QED) is 0.832. The lowest BCUT2D eigenvalue weighted by Crippen LogP contribution is -2.13. The first-order valence-corrected chi connectivity index (χ1v) is 8.91. The molecule has 24 heavy (non-hydrogen) atoms. The Morgan fingerprint density at radius 3 is 2.42 bits per heavy atom. The number of rotatable bonds is 7. The predicted molar refractivity (Wildman–Crippen MR) is 90.7 cm³/mol. The Morgan fingerprint density at radius 1 is 1.04 bits per heavy atom. The number of anilines is 1. The number of sulfonamides is 1. The highest BCUT2D eigenvalue weighted by molar-refractivity contribution is 7.92. The standard InChI is InChI=1S/C17H18N2O4S/c1-3-22-16-9-8-14(11-17(16)23-4-2)19-24(20,21)15-7-5-6-13(10-15)12-18/h5-11,19H,3-4H2,1-2H3. The minimum absolute atomic E-state index is 0.0217. The summed E-state index contributed by atoms with van der Waals surface area (Å²) in [6, 6.07) is 12.6. The monoisotopic (exact) mass is 346 g/mol. The van der Waals surface area contributed by atoms with Gasteiger partial charge in [0.1, 0.15) is 0 Å². The van der Waals surface area contributed by atoms with Gasteiger partial charge in [0.05, 0.1) is 35.4 Å². The Balaban J connectivity index is 2.32. The molecule has 1 N–H and O–H groups in total. The fourth-order valence-corrected chi connectivity index (χ4v) is 3.16. The van der Waals surface area contributed by atoms with Crippen LogP contribution in [0.5, 0.6) is 11.5 Å². The van der Waals surface area contributed by atoms with Crippen molar-refractivity contribution in [2.75, 3.05) is 17.9 Å². The molecule has 7 heteroatoms. The molecule has 2 aromatic rings. The van der Waals surface area contributed by atoms with Crippen LogP contribution in [0, 0.1) is 11.3 Å². The first-order valence-electron chi connectivity index (χ1n) is 7.42. The lowest BCUT2D eigenvalue weighted by molar-refractivity contribution is 0.288. The fourth-order valence-electron chi connectivity index (χ4n) is 2.06. The summed E-state index contributed by atoms with van der Waals surface area (Å²) < 4.78 is 38.3. The normalized spacial score (nSPS) is 10.7. The molecule has 2 aromatic carbocycles. The van der Waals surface area contributed by atoms with Crippen molar-refractivity contribution in [3.63, 3.8) is 0 Å². The number of hydrogen-bond donors (Lipinski definition) is 1. The van der Waals surface area contributed by atoms with Crippen LogP contribution < -0.4 is 14.2 Å². The molecule has 0 aliphatic rings. The van der Waals surface area contributed by atoms with E-state index in [0.717, 1.165) is 0 Å². The van der Waals surface area contributed by atoms with Crippen LogP contribution in [0.1, 0.15) is 19.4 Å². The van der Waals surface area contributed by atoms with Gasteiger partial charge in [-0.25, -0.2) is 8.42 Å². The van der Waals surface area contributed by atoms with Gasteiger partial charge in [-0.05, 0) is 44.2 Å². The third-order valence-electron chi connectivity index (χ3n) is 3.07. The molecule has 0 aliphatic heterocycles. The second kappa shape index (κ2) is 7.70. The molecule has 0 fully saturated rings. The summed E-state index contributed by atoms with van der Waals surface area (Å²) in [5, 5.41) is 8.90. The van der Waals surface area contributed by atoms with E-state index in [0.29, 0.717) is 30.4 Å². The maximum absolute atomic E-state index is 12.5. The summed E-state index contributed by atoms with van der Waals surface area (Å²) >= 11 is 0. The molecule has 0 aromatic heterocycles. The number of nitrogens with zero attached hydrogens (tertiary/aromatic N) is 1. The van der Waals surface area contributed by atoms with Gasteiger partial charge >= 0.3 is 0 Å². The molecule has 0 aliphatic carbocycles. The molecular weight excluding hydrogens is 328 g/mol. The first kappa shape index (κ1) is 17.6. The first-order chi connectivity index (χ1) is 11.5. The third kappa shape index (κ3) is 4.18. The second-order valence-electron chi connectivity index (χ2n) is 4.77. The van der Waals surface area contributed by atoms with E-state index < -0.39 is 10.0 Å². The summed E-state index contributed by atoms with van der Waals surface area (Å²) in [6.45, 7) is 4.60. The second-order valence-corrected chi connectivity index (χ2v) is 6.46. The summed E-state index contributed by atoms with van der Waals surface area (Å²) in [7, 11) is -3.80. The van der Waals surface area contributed by atoms with Crippen molar-refractivity contribution in [1.82, 2.24) is 0 Å². The highest BCUT2D eigenvalue weighted by Crippen LogP contribution is 2.31. The van der Waals surface area contributed by atoms with E-state index >= 15 is 0 Å². The van der Waals surface area contributed by atoms with Gasteiger partial charge in [-0.2, -0.15) is 5.26 Å². The van der Waals surface area contributed by atoms with Crippen molar-refractivity contribution < 1.29 is 17.9 Å². The van der Waals surface area contributed by atoms with Crippen molar-refractivity contribution in [2.45, 2.75) is 18.7 Å². The molecule has 0 amide bonds. The Bertz CT molecular complexity index is 857. The zero-order valence-corrected chi connectivity index (χ0v) is 14.3. The van der Waals surface area contributed by atoms with Crippen molar-refractivity contribution in [3.05, 3.63) is 48.0 Å². The molecule has 0 unspecified atom stereocenters. The van der Waals surface area contributed by atoms with Crippen LogP contribution in [0.25, 0.3) is 0 Å². The molecule has 6 nitrogen and oxygen atoms in total. The van der Waals surface area contributed by atoms with Crippen LogP contribution >= 0.6 is 0 Å². The van der Waals surface area contributed by atoms with E-state index in [1.54, 1.807) is 24.3 Å². The molecular formula is C17H18N2O4S. The summed E-state index contributed by atoms with van der Waals surface area (Å²) in [5.41, 5.74) is 0.629. The van der Waals surface area contributed by atoms with Crippen molar-refractivity contribution in [1.29, 1.82) is 5.26 Å². The largest absolute Gasteiger partial charge is 0.490 e. The van der Waals surface area contributed by atoms with Crippen LogP contribution in [0.15, 0.2) is 47.4 Å². The van der Waals surface area contributed by atoms with Gasteiger partial charge in [0.25, 0.3) is 10.0 Å². The molecule has 0 atom stereocenters. The van der Waals surface area contributed by atoms with Crippen molar-refractivity contribution >= 4 is 15.7 Å². The molecule has 0 spiro atoms. The Hall–Kier alpha value is -2.72. The fraction of sp³-hybridized carbons (Fsp3) is 0.235. The maximum Gasteiger partial charge on any atom is 0.261 e. The van der Waals surface area contributed by atoms with E-state index in [9.17, 15) is 8.42 Å². The molecule has 2 rings (SSSR count). The van der Waals surface area contributed by atoms with Gasteiger partial charge in [0, 0.05) is 6.07 Å². The van der Waals surface area contributed by atoms with Gasteiger partial charge in [-0.1, -0.05) is 6.07 Å². The summed E-state index contributed by atoms with van der Waals surface area (Å²) in [6.07, 6.45) is 0. The third-order valence-corrected chi connectivity index (χ3v) is 4.45. The molecule has 0 saturated carbocycles. The van der Waals surface area contributed by atoms with Crippen molar-refractivity contribution in [3.8, 4) is 17.6 Å². The zero-order valence-electron chi connectivity index (χ0n) is 13.4. The van der Waals surface area contributed by atoms with Gasteiger partial charge in [0.15, 0.2) is 11.5 Å². The Labute approximate surface area is 141 Å². The molecule has 126 valence electrons. The van der Waals surface area contributed by atoms with Crippen molar-refractivity contribution in [2.24, 2.45) is 0 Å². The van der Waals surface area contributed by atoms with Crippen LogP contribution in [0.3, 0.4) is 0 Å². The van der Waals surface area contributed by atoms with Gasteiger partial charge in [0.2, 0.25) is 0 Å². The minimum Gasteiger partial charge on any atom is -0.490 e. The zero-order chi connectivity index (χ0) is 17.6. The van der Waals surface area contributed by atoms with Crippen LogP contribution in [0.4, 0.5) is 5.69 Å². The van der Waals surface area contributed by atoms with E-state index in [1.165, 1.54) is 18.2 Å². The molecule has 0 bridgehead atoms. The average molecular weight is 346 g/mol. The van der Waals surface area contributed by atoms with Gasteiger partial charge in [-0.15, -0.1) is 0 Å². The van der Waals surface area contributed by atoms with Crippen LogP contribution in [0.2, 0.25) is 0 Å².